The minimum Gasteiger partial charge on any atom is -0.277 e. The first-order valence-corrected chi connectivity index (χ1v) is 5.18. The number of nitriles is 1. The lowest BCUT2D eigenvalue weighted by atomic mass is 10.1. The van der Waals surface area contributed by atoms with E-state index < -0.39 is 0 Å². The number of aromatic amines is 1. The Kier molecular flexibility index (Phi) is 2.09. The highest BCUT2D eigenvalue weighted by Crippen LogP contribution is 2.24. The van der Waals surface area contributed by atoms with E-state index in [4.69, 9.17) is 5.26 Å². The Morgan fingerprint density at radius 2 is 2.00 bits per heavy atom. The van der Waals surface area contributed by atoms with Crippen molar-refractivity contribution in [1.82, 2.24) is 15.2 Å². The molecule has 0 aliphatic rings. The van der Waals surface area contributed by atoms with E-state index in [2.05, 4.69) is 15.2 Å². The van der Waals surface area contributed by atoms with Crippen LogP contribution in [0.25, 0.3) is 22.3 Å². The number of aromatic nitrogens is 3. The van der Waals surface area contributed by atoms with Crippen LogP contribution in [-0.2, 0) is 0 Å². The van der Waals surface area contributed by atoms with Crippen molar-refractivity contribution in [3.8, 4) is 17.5 Å². The number of hydrogen-bond acceptors (Lipinski definition) is 3. The van der Waals surface area contributed by atoms with Gasteiger partial charge in [-0.25, -0.2) is 0 Å². The number of H-pyrrole nitrogens is 1. The number of benzene rings is 1. The summed E-state index contributed by atoms with van der Waals surface area (Å²) in [6, 6.07) is 13.5. The molecule has 2 aromatic heterocycles. The third kappa shape index (κ3) is 1.54. The van der Waals surface area contributed by atoms with Gasteiger partial charge in [0.05, 0.1) is 16.8 Å². The van der Waals surface area contributed by atoms with Gasteiger partial charge in [-0.3, -0.25) is 10.1 Å². The Morgan fingerprint density at radius 3 is 2.76 bits per heavy atom. The minimum absolute atomic E-state index is 0.550. The fraction of sp³-hybridized carbons (Fsp3) is 0. The summed E-state index contributed by atoms with van der Waals surface area (Å²) < 4.78 is 0. The van der Waals surface area contributed by atoms with Crippen LogP contribution in [0.1, 0.15) is 5.56 Å². The second kappa shape index (κ2) is 3.72. The van der Waals surface area contributed by atoms with Crippen LogP contribution in [0, 0.1) is 11.3 Å². The number of nitrogens with one attached hydrogen (secondary N) is 1. The summed E-state index contributed by atoms with van der Waals surface area (Å²) in [6.07, 6.45) is 1.55. The third-order valence-corrected chi connectivity index (χ3v) is 2.61. The van der Waals surface area contributed by atoms with E-state index >= 15 is 0 Å². The molecule has 3 rings (SSSR count). The van der Waals surface area contributed by atoms with Gasteiger partial charge < -0.3 is 0 Å². The Hall–Kier alpha value is -2.67. The summed E-state index contributed by atoms with van der Waals surface area (Å²) in [5, 5.41) is 17.0. The smallest absolute Gasteiger partial charge is 0.118 e. The van der Waals surface area contributed by atoms with Gasteiger partial charge in [-0.1, -0.05) is 18.2 Å². The second-order valence-corrected chi connectivity index (χ2v) is 3.66. The third-order valence-electron chi connectivity index (χ3n) is 2.61. The lowest BCUT2D eigenvalue weighted by molar-refractivity contribution is 1.11. The molecule has 1 aromatic carbocycles. The summed E-state index contributed by atoms with van der Waals surface area (Å²) in [7, 11) is 0. The van der Waals surface area contributed by atoms with Crippen LogP contribution in [0.5, 0.6) is 0 Å². The normalized spacial score (nSPS) is 10.3. The van der Waals surface area contributed by atoms with Crippen LogP contribution in [-0.4, -0.2) is 15.2 Å². The average Bonchev–Trinajstić information content (AvgIpc) is 2.83. The molecular weight excluding hydrogens is 212 g/mol. The molecule has 4 nitrogen and oxygen atoms in total. The van der Waals surface area contributed by atoms with Gasteiger partial charge in [0.2, 0.25) is 0 Å². The number of para-hydroxylation sites is 1. The zero-order chi connectivity index (χ0) is 11.7. The number of pyridine rings is 1. The Morgan fingerprint density at radius 1 is 1.12 bits per heavy atom. The summed E-state index contributed by atoms with van der Waals surface area (Å²) >= 11 is 0. The van der Waals surface area contributed by atoms with Crippen molar-refractivity contribution in [2.45, 2.75) is 0 Å². The molecule has 0 saturated heterocycles. The molecule has 2 heterocycles. The van der Waals surface area contributed by atoms with Gasteiger partial charge in [-0.15, -0.1) is 0 Å². The van der Waals surface area contributed by atoms with Gasteiger partial charge in [0, 0.05) is 11.6 Å². The molecule has 1 N–H and O–H groups in total. The topological polar surface area (TPSA) is 65.4 Å². The highest BCUT2D eigenvalue weighted by atomic mass is 15.1. The van der Waals surface area contributed by atoms with Gasteiger partial charge in [-0.2, -0.15) is 10.4 Å². The predicted molar refractivity (Wildman–Crippen MR) is 64.0 cm³/mol. The molecule has 4 heteroatoms. The first kappa shape index (κ1) is 9.55. The molecule has 0 unspecified atom stereocenters. The number of nitrogens with zero attached hydrogens (tertiary/aromatic N) is 3. The molecule has 0 spiro atoms. The molecule has 17 heavy (non-hydrogen) atoms. The van der Waals surface area contributed by atoms with Crippen LogP contribution in [0.2, 0.25) is 0 Å². The molecule has 0 atom stereocenters. The van der Waals surface area contributed by atoms with Gasteiger partial charge in [0.25, 0.3) is 0 Å². The van der Waals surface area contributed by atoms with E-state index in [0.717, 1.165) is 22.3 Å². The molecule has 0 fully saturated rings. The second-order valence-electron chi connectivity index (χ2n) is 3.66. The van der Waals surface area contributed by atoms with Gasteiger partial charge >= 0.3 is 0 Å². The Bertz CT molecular complexity index is 704. The van der Waals surface area contributed by atoms with Gasteiger partial charge in [0.1, 0.15) is 11.8 Å². The van der Waals surface area contributed by atoms with Crippen molar-refractivity contribution < 1.29 is 0 Å². The summed E-state index contributed by atoms with van der Waals surface area (Å²) in [5.74, 6) is 0. The van der Waals surface area contributed by atoms with Crippen molar-refractivity contribution in [2.75, 3.05) is 0 Å². The molecule has 80 valence electrons. The maximum Gasteiger partial charge on any atom is 0.118 e. The largest absolute Gasteiger partial charge is 0.277 e. The van der Waals surface area contributed by atoms with E-state index in [9.17, 15) is 0 Å². The lowest BCUT2D eigenvalue weighted by Crippen LogP contribution is -1.85. The van der Waals surface area contributed by atoms with Crippen LogP contribution >= 0.6 is 0 Å². The predicted octanol–water partition coefficient (Wildman–Crippen LogP) is 2.50. The highest BCUT2D eigenvalue weighted by molar-refractivity contribution is 5.91. The first-order chi connectivity index (χ1) is 8.38. The summed E-state index contributed by atoms with van der Waals surface area (Å²) in [5.41, 5.74) is 3.11. The van der Waals surface area contributed by atoms with Crippen LogP contribution in [0.15, 0.2) is 42.6 Å². The SMILES string of the molecule is N#Cc1ccc(-c2n[nH]c3ccccc23)nc1. The maximum atomic E-state index is 8.72. The minimum atomic E-state index is 0.550. The molecule has 0 aliphatic carbocycles. The monoisotopic (exact) mass is 220 g/mol. The summed E-state index contributed by atoms with van der Waals surface area (Å²) in [6.45, 7) is 0. The maximum absolute atomic E-state index is 8.72. The quantitative estimate of drug-likeness (QED) is 0.685. The van der Waals surface area contributed by atoms with Crippen molar-refractivity contribution in [1.29, 1.82) is 5.26 Å². The molecule has 0 amide bonds. The number of fused-ring (bicyclic) bond motifs is 1. The Balaban J connectivity index is 2.17. The zero-order valence-corrected chi connectivity index (χ0v) is 8.88. The van der Waals surface area contributed by atoms with Crippen molar-refractivity contribution in [3.05, 3.63) is 48.2 Å². The van der Waals surface area contributed by atoms with Crippen molar-refractivity contribution in [2.24, 2.45) is 0 Å². The number of hydrogen-bond donors (Lipinski definition) is 1. The van der Waals surface area contributed by atoms with Crippen molar-refractivity contribution in [3.63, 3.8) is 0 Å². The fourth-order valence-corrected chi connectivity index (χ4v) is 1.76. The van der Waals surface area contributed by atoms with E-state index in [0.29, 0.717) is 5.56 Å². The van der Waals surface area contributed by atoms with E-state index in [-0.39, 0.29) is 0 Å². The van der Waals surface area contributed by atoms with Crippen LogP contribution in [0.4, 0.5) is 0 Å². The van der Waals surface area contributed by atoms with E-state index in [1.165, 1.54) is 0 Å². The molecule has 0 saturated carbocycles. The zero-order valence-electron chi connectivity index (χ0n) is 8.88. The molecule has 0 radical (unpaired) electrons. The lowest BCUT2D eigenvalue weighted by Gasteiger charge is -1.96. The molecular formula is C13H8N4. The van der Waals surface area contributed by atoms with E-state index in [1.807, 2.05) is 30.3 Å². The number of rotatable bonds is 1. The standard InChI is InChI=1S/C13H8N4/c14-7-9-5-6-12(15-8-9)13-10-3-1-2-4-11(10)16-17-13/h1-6,8H,(H,16,17). The molecule has 3 aromatic rings. The first-order valence-electron chi connectivity index (χ1n) is 5.18. The highest BCUT2D eigenvalue weighted by Gasteiger charge is 2.08. The molecule has 0 aliphatic heterocycles. The fourth-order valence-electron chi connectivity index (χ4n) is 1.76. The molecule has 0 bridgehead atoms. The average molecular weight is 220 g/mol. The summed E-state index contributed by atoms with van der Waals surface area (Å²) in [4.78, 5) is 4.24. The van der Waals surface area contributed by atoms with Gasteiger partial charge in [0.15, 0.2) is 0 Å². The van der Waals surface area contributed by atoms with Crippen molar-refractivity contribution >= 4 is 10.9 Å². The Labute approximate surface area is 97.5 Å². The van der Waals surface area contributed by atoms with Crippen LogP contribution in [0.3, 0.4) is 0 Å². The van der Waals surface area contributed by atoms with E-state index in [1.54, 1.807) is 18.3 Å². The van der Waals surface area contributed by atoms with Gasteiger partial charge in [-0.05, 0) is 18.2 Å². The van der Waals surface area contributed by atoms with Crippen LogP contribution < -0.4 is 0 Å².